The molecule has 0 bridgehead atoms. The topological polar surface area (TPSA) is 69.7 Å². The molecule has 3 amide bonds. The number of rotatable bonds is 1. The van der Waals surface area contributed by atoms with Gasteiger partial charge < -0.3 is 5.32 Å². The number of benzene rings is 2. The van der Waals surface area contributed by atoms with Gasteiger partial charge >= 0.3 is 0 Å². The lowest BCUT2D eigenvalue weighted by Gasteiger charge is -2.36. The van der Waals surface area contributed by atoms with Crippen molar-refractivity contribution >= 4 is 56.6 Å². The van der Waals surface area contributed by atoms with E-state index in [1.165, 1.54) is 4.90 Å². The summed E-state index contributed by atoms with van der Waals surface area (Å²) in [7, 11) is 0. The summed E-state index contributed by atoms with van der Waals surface area (Å²) >= 11 is 9.81. The minimum atomic E-state index is -1.18. The van der Waals surface area contributed by atoms with Gasteiger partial charge in [0.15, 0.2) is 0 Å². The maximum absolute atomic E-state index is 13.9. The Kier molecular flexibility index (Phi) is 4.02. The van der Waals surface area contributed by atoms with Crippen molar-refractivity contribution in [3.63, 3.8) is 0 Å². The Balaban J connectivity index is 1.59. The number of imide groups is 1. The van der Waals surface area contributed by atoms with Crippen LogP contribution < -0.4 is 10.2 Å². The van der Waals surface area contributed by atoms with Crippen LogP contribution in [-0.2, 0) is 19.9 Å². The van der Waals surface area contributed by atoms with Crippen molar-refractivity contribution in [3.05, 3.63) is 57.0 Å². The first kappa shape index (κ1) is 19.5. The Morgan fingerprint density at radius 1 is 1.13 bits per heavy atom. The molecule has 4 atom stereocenters. The van der Waals surface area contributed by atoms with Gasteiger partial charge in [-0.3, -0.25) is 19.3 Å². The summed E-state index contributed by atoms with van der Waals surface area (Å²) < 4.78 is 0.674. The van der Waals surface area contributed by atoms with Gasteiger partial charge in [-0.2, -0.15) is 0 Å². The van der Waals surface area contributed by atoms with Crippen LogP contribution in [0.3, 0.4) is 0 Å². The molecule has 2 aromatic carbocycles. The zero-order chi connectivity index (χ0) is 21.7. The zero-order valence-corrected chi connectivity index (χ0v) is 19.0. The van der Waals surface area contributed by atoms with Gasteiger partial charge in [0.05, 0.1) is 23.2 Å². The van der Waals surface area contributed by atoms with E-state index in [0.717, 1.165) is 24.0 Å². The lowest BCUT2D eigenvalue weighted by atomic mass is 9.75. The quantitative estimate of drug-likeness (QED) is 0.604. The van der Waals surface area contributed by atoms with Crippen LogP contribution in [0.15, 0.2) is 40.9 Å². The van der Waals surface area contributed by atoms with Gasteiger partial charge in [-0.25, -0.2) is 4.90 Å². The minimum Gasteiger partial charge on any atom is -0.324 e. The van der Waals surface area contributed by atoms with Gasteiger partial charge in [0.1, 0.15) is 5.54 Å². The maximum atomic E-state index is 13.9. The fourth-order valence-electron chi connectivity index (χ4n) is 6.26. The lowest BCUT2D eigenvalue weighted by molar-refractivity contribution is -0.135. The third kappa shape index (κ3) is 2.19. The van der Waals surface area contributed by atoms with Crippen molar-refractivity contribution in [1.29, 1.82) is 0 Å². The van der Waals surface area contributed by atoms with E-state index in [0.29, 0.717) is 27.4 Å². The minimum absolute atomic E-state index is 0.137. The van der Waals surface area contributed by atoms with Crippen molar-refractivity contribution in [2.24, 2.45) is 11.8 Å². The fraction of sp³-hybridized carbons (Fsp3) is 0.348. The number of halogens is 2. The number of nitrogens with zero attached hydrogens (tertiary/aromatic N) is 2. The Morgan fingerprint density at radius 2 is 1.90 bits per heavy atom. The van der Waals surface area contributed by atoms with Crippen LogP contribution in [0.4, 0.5) is 11.4 Å². The molecule has 4 aliphatic rings. The first-order chi connectivity index (χ1) is 14.9. The number of para-hydroxylation sites is 1. The van der Waals surface area contributed by atoms with Crippen molar-refractivity contribution in [3.8, 4) is 0 Å². The Hall–Kier alpha value is -2.22. The number of amides is 3. The van der Waals surface area contributed by atoms with Crippen LogP contribution in [0.2, 0.25) is 5.02 Å². The van der Waals surface area contributed by atoms with E-state index in [1.807, 2.05) is 25.1 Å². The molecule has 2 aromatic rings. The third-order valence-electron chi connectivity index (χ3n) is 7.46. The molecule has 4 heterocycles. The number of hydrogen-bond donors (Lipinski definition) is 1. The molecule has 3 saturated heterocycles. The summed E-state index contributed by atoms with van der Waals surface area (Å²) in [5.41, 5.74) is 1.55. The Labute approximate surface area is 192 Å². The van der Waals surface area contributed by atoms with Gasteiger partial charge in [0.2, 0.25) is 17.7 Å². The highest BCUT2D eigenvalue weighted by Gasteiger charge is 2.74. The molecule has 158 valence electrons. The molecule has 6 nitrogen and oxygen atoms in total. The van der Waals surface area contributed by atoms with Crippen molar-refractivity contribution in [2.75, 3.05) is 16.8 Å². The number of nitrogens with one attached hydrogen (secondary N) is 1. The molecule has 6 rings (SSSR count). The fourth-order valence-corrected chi connectivity index (χ4v) is 6.88. The van der Waals surface area contributed by atoms with Gasteiger partial charge in [-0.15, -0.1) is 0 Å². The van der Waals surface area contributed by atoms with E-state index < -0.39 is 17.4 Å². The number of carbonyl (C=O) groups excluding carboxylic acids is 3. The van der Waals surface area contributed by atoms with Gasteiger partial charge in [-0.05, 0) is 66.0 Å². The van der Waals surface area contributed by atoms with E-state index in [1.54, 1.807) is 18.2 Å². The highest BCUT2D eigenvalue weighted by atomic mass is 79.9. The molecule has 0 aliphatic carbocycles. The Morgan fingerprint density at radius 3 is 2.68 bits per heavy atom. The number of fused-ring (bicyclic) bond motifs is 7. The molecule has 0 unspecified atom stereocenters. The first-order valence-electron chi connectivity index (χ1n) is 10.4. The van der Waals surface area contributed by atoms with Crippen LogP contribution in [0, 0.1) is 18.8 Å². The van der Waals surface area contributed by atoms with Crippen LogP contribution in [0.1, 0.15) is 24.0 Å². The summed E-state index contributed by atoms with van der Waals surface area (Å²) in [4.78, 5) is 44.7. The average Bonchev–Trinajstić information content (AvgIpc) is 3.45. The van der Waals surface area contributed by atoms with Gasteiger partial charge in [-0.1, -0.05) is 29.8 Å². The van der Waals surface area contributed by atoms with Crippen molar-refractivity contribution < 1.29 is 14.4 Å². The molecule has 0 saturated carbocycles. The molecule has 1 N–H and O–H groups in total. The van der Waals surface area contributed by atoms with Crippen LogP contribution in [-0.4, -0.2) is 35.2 Å². The normalized spacial score (nSPS) is 31.4. The monoisotopic (exact) mass is 499 g/mol. The van der Waals surface area contributed by atoms with Crippen molar-refractivity contribution in [1.82, 2.24) is 4.90 Å². The average molecular weight is 501 g/mol. The second kappa shape index (κ2) is 6.40. The maximum Gasteiger partial charge on any atom is 0.250 e. The summed E-state index contributed by atoms with van der Waals surface area (Å²) in [6, 6.07) is 10.7. The molecular weight excluding hydrogens is 482 g/mol. The summed E-state index contributed by atoms with van der Waals surface area (Å²) in [5.74, 6) is -2.08. The van der Waals surface area contributed by atoms with Crippen LogP contribution >= 0.6 is 27.5 Å². The van der Waals surface area contributed by atoms with E-state index in [9.17, 15) is 14.4 Å². The summed E-state index contributed by atoms with van der Waals surface area (Å²) in [6.45, 7) is 2.55. The highest BCUT2D eigenvalue weighted by molar-refractivity contribution is 9.10. The largest absolute Gasteiger partial charge is 0.324 e. The first-order valence-corrected chi connectivity index (χ1v) is 11.6. The number of hydrogen-bond acceptors (Lipinski definition) is 4. The Bertz CT molecular complexity index is 1200. The molecule has 3 fully saturated rings. The second-order valence-electron chi connectivity index (χ2n) is 8.69. The second-order valence-corrected chi connectivity index (χ2v) is 9.95. The van der Waals surface area contributed by atoms with E-state index in [4.69, 9.17) is 11.6 Å². The summed E-state index contributed by atoms with van der Waals surface area (Å²) in [5, 5.41) is 3.57. The molecule has 8 heteroatoms. The predicted octanol–water partition coefficient (Wildman–Crippen LogP) is 3.84. The molecule has 31 heavy (non-hydrogen) atoms. The predicted molar refractivity (Wildman–Crippen MR) is 120 cm³/mol. The molecule has 0 radical (unpaired) electrons. The van der Waals surface area contributed by atoms with E-state index in [2.05, 4.69) is 26.1 Å². The van der Waals surface area contributed by atoms with E-state index in [-0.39, 0.29) is 23.8 Å². The SMILES string of the molecule is Cc1c(Cl)ccc2c1NC(=O)[C@@]21[C@@H]2C(=O)N(c3ccccc3Br)C(=O)[C@@H]2[C@H]2CCCN21. The third-order valence-corrected chi connectivity index (χ3v) is 8.54. The van der Waals surface area contributed by atoms with Crippen LogP contribution in [0.25, 0.3) is 0 Å². The highest BCUT2D eigenvalue weighted by Crippen LogP contribution is 2.61. The molecule has 1 spiro atoms. The standard InChI is InChI=1S/C23H19BrClN3O3/c1-11-14(25)9-8-12-19(11)26-22(31)23(12)18-17(16-7-4-10-27(16)23)20(29)28(21(18)30)15-6-3-2-5-13(15)24/h2-3,5-6,8-9,16-18H,4,7,10H2,1H3,(H,26,31)/t16-,17-,18+,23+/m1/s1. The molecule has 0 aromatic heterocycles. The number of carbonyl (C=O) groups is 3. The molecule has 4 aliphatic heterocycles. The van der Waals surface area contributed by atoms with Crippen LogP contribution in [0.5, 0.6) is 0 Å². The van der Waals surface area contributed by atoms with Gasteiger partial charge in [0, 0.05) is 21.1 Å². The summed E-state index contributed by atoms with van der Waals surface area (Å²) in [6.07, 6.45) is 1.68. The van der Waals surface area contributed by atoms with Gasteiger partial charge in [0.25, 0.3) is 0 Å². The number of anilines is 2. The van der Waals surface area contributed by atoms with Crippen molar-refractivity contribution in [2.45, 2.75) is 31.3 Å². The van der Waals surface area contributed by atoms with E-state index >= 15 is 0 Å². The smallest absolute Gasteiger partial charge is 0.250 e. The lowest BCUT2D eigenvalue weighted by Crippen LogP contribution is -2.54. The zero-order valence-electron chi connectivity index (χ0n) is 16.7. The molecular formula is C23H19BrClN3O3.